The van der Waals surface area contributed by atoms with Crippen LogP contribution in [0.1, 0.15) is 16.1 Å². The molecule has 0 atom stereocenters. The van der Waals surface area contributed by atoms with E-state index in [0.717, 1.165) is 11.4 Å². The molecule has 2 aromatic rings. The number of nitrogens with zero attached hydrogens (tertiary/aromatic N) is 2. The molecule has 0 unspecified atom stereocenters. The molecule has 0 aliphatic carbocycles. The average molecular weight is 279 g/mol. The SMILES string of the molecule is CNC(=O)c1ccc(Cl)c(NCc2ccnn2C)c1. The van der Waals surface area contributed by atoms with Crippen LogP contribution in [0.2, 0.25) is 5.02 Å². The second-order valence-electron chi connectivity index (χ2n) is 4.07. The molecule has 0 saturated heterocycles. The van der Waals surface area contributed by atoms with Gasteiger partial charge in [-0.3, -0.25) is 9.48 Å². The summed E-state index contributed by atoms with van der Waals surface area (Å²) in [5.74, 6) is -0.139. The van der Waals surface area contributed by atoms with Crippen LogP contribution >= 0.6 is 11.6 Å². The minimum atomic E-state index is -0.139. The number of halogens is 1. The summed E-state index contributed by atoms with van der Waals surface area (Å²) in [6.45, 7) is 0.591. The number of amides is 1. The first-order valence-electron chi connectivity index (χ1n) is 5.84. The van der Waals surface area contributed by atoms with Crippen LogP contribution in [0.3, 0.4) is 0 Å². The summed E-state index contributed by atoms with van der Waals surface area (Å²) in [6.07, 6.45) is 1.74. The van der Waals surface area contributed by atoms with Gasteiger partial charge in [-0.25, -0.2) is 0 Å². The molecule has 0 spiro atoms. The molecule has 6 heteroatoms. The molecular weight excluding hydrogens is 264 g/mol. The normalized spacial score (nSPS) is 10.3. The maximum absolute atomic E-state index is 11.6. The number of hydrogen-bond acceptors (Lipinski definition) is 3. The van der Waals surface area contributed by atoms with Crippen LogP contribution in [0.4, 0.5) is 5.69 Å². The van der Waals surface area contributed by atoms with Crippen molar-refractivity contribution in [2.24, 2.45) is 7.05 Å². The summed E-state index contributed by atoms with van der Waals surface area (Å²) in [6, 6.07) is 7.05. The lowest BCUT2D eigenvalue weighted by atomic mass is 10.2. The van der Waals surface area contributed by atoms with E-state index in [-0.39, 0.29) is 5.91 Å². The van der Waals surface area contributed by atoms with Crippen molar-refractivity contribution in [3.05, 3.63) is 46.7 Å². The van der Waals surface area contributed by atoms with Crippen LogP contribution in [0.25, 0.3) is 0 Å². The molecule has 1 amide bonds. The molecular formula is C13H15ClN4O. The van der Waals surface area contributed by atoms with E-state index in [4.69, 9.17) is 11.6 Å². The Morgan fingerprint density at radius 1 is 1.42 bits per heavy atom. The van der Waals surface area contributed by atoms with E-state index >= 15 is 0 Å². The van der Waals surface area contributed by atoms with Gasteiger partial charge < -0.3 is 10.6 Å². The van der Waals surface area contributed by atoms with Crippen molar-refractivity contribution >= 4 is 23.2 Å². The van der Waals surface area contributed by atoms with Crippen LogP contribution < -0.4 is 10.6 Å². The molecule has 1 heterocycles. The minimum Gasteiger partial charge on any atom is -0.378 e. The molecule has 0 aliphatic rings. The average Bonchev–Trinajstić information content (AvgIpc) is 2.82. The van der Waals surface area contributed by atoms with E-state index in [1.807, 2.05) is 13.1 Å². The van der Waals surface area contributed by atoms with Crippen LogP contribution in [-0.4, -0.2) is 22.7 Å². The summed E-state index contributed by atoms with van der Waals surface area (Å²) in [4.78, 5) is 11.6. The van der Waals surface area contributed by atoms with Crippen molar-refractivity contribution in [2.75, 3.05) is 12.4 Å². The van der Waals surface area contributed by atoms with E-state index in [1.54, 1.807) is 36.1 Å². The first-order chi connectivity index (χ1) is 9.11. The molecule has 0 saturated carbocycles. The Morgan fingerprint density at radius 2 is 2.21 bits per heavy atom. The molecule has 1 aromatic heterocycles. The van der Waals surface area contributed by atoms with E-state index in [9.17, 15) is 4.79 Å². The number of nitrogens with one attached hydrogen (secondary N) is 2. The summed E-state index contributed by atoms with van der Waals surface area (Å²) < 4.78 is 1.78. The second-order valence-corrected chi connectivity index (χ2v) is 4.48. The number of rotatable bonds is 4. The predicted octanol–water partition coefficient (Wildman–Crippen LogP) is 2.05. The third-order valence-electron chi connectivity index (χ3n) is 2.84. The van der Waals surface area contributed by atoms with Gasteiger partial charge in [0.1, 0.15) is 0 Å². The largest absolute Gasteiger partial charge is 0.378 e. The van der Waals surface area contributed by atoms with E-state index < -0.39 is 0 Å². The van der Waals surface area contributed by atoms with Gasteiger partial charge in [0, 0.05) is 25.9 Å². The fraction of sp³-hybridized carbons (Fsp3) is 0.231. The monoisotopic (exact) mass is 278 g/mol. The minimum absolute atomic E-state index is 0.139. The number of anilines is 1. The van der Waals surface area contributed by atoms with Crippen molar-refractivity contribution in [1.82, 2.24) is 15.1 Å². The van der Waals surface area contributed by atoms with Gasteiger partial charge in [-0.1, -0.05) is 11.6 Å². The van der Waals surface area contributed by atoms with E-state index in [0.29, 0.717) is 17.1 Å². The quantitative estimate of drug-likeness (QED) is 0.900. The van der Waals surface area contributed by atoms with E-state index in [2.05, 4.69) is 15.7 Å². The molecule has 5 nitrogen and oxygen atoms in total. The molecule has 0 aliphatic heterocycles. The molecule has 19 heavy (non-hydrogen) atoms. The molecule has 100 valence electrons. The van der Waals surface area contributed by atoms with Gasteiger partial charge in [0.2, 0.25) is 0 Å². The lowest BCUT2D eigenvalue weighted by Crippen LogP contribution is -2.18. The maximum Gasteiger partial charge on any atom is 0.251 e. The van der Waals surface area contributed by atoms with Crippen LogP contribution in [0.15, 0.2) is 30.5 Å². The van der Waals surface area contributed by atoms with Crippen molar-refractivity contribution < 1.29 is 4.79 Å². The zero-order chi connectivity index (χ0) is 13.8. The standard InChI is InChI=1S/C13H15ClN4O/c1-15-13(19)9-3-4-11(14)12(7-9)16-8-10-5-6-17-18(10)2/h3-7,16H,8H2,1-2H3,(H,15,19). The second kappa shape index (κ2) is 5.75. The smallest absolute Gasteiger partial charge is 0.251 e. The predicted molar refractivity (Wildman–Crippen MR) is 75.4 cm³/mol. The summed E-state index contributed by atoms with van der Waals surface area (Å²) in [5.41, 5.74) is 2.32. The number of aromatic nitrogens is 2. The lowest BCUT2D eigenvalue weighted by Gasteiger charge is -2.10. The van der Waals surface area contributed by atoms with Crippen LogP contribution in [-0.2, 0) is 13.6 Å². The summed E-state index contributed by atoms with van der Waals surface area (Å²) in [7, 11) is 3.47. The highest BCUT2D eigenvalue weighted by atomic mass is 35.5. The fourth-order valence-corrected chi connectivity index (χ4v) is 1.89. The number of aryl methyl sites for hydroxylation is 1. The highest BCUT2D eigenvalue weighted by molar-refractivity contribution is 6.33. The Labute approximate surface area is 116 Å². The summed E-state index contributed by atoms with van der Waals surface area (Å²) in [5, 5.41) is 10.5. The van der Waals surface area contributed by atoms with Crippen LogP contribution in [0.5, 0.6) is 0 Å². The van der Waals surface area contributed by atoms with Gasteiger partial charge in [-0.15, -0.1) is 0 Å². The Hall–Kier alpha value is -2.01. The highest BCUT2D eigenvalue weighted by Gasteiger charge is 2.07. The first-order valence-corrected chi connectivity index (χ1v) is 6.22. The molecule has 0 fully saturated rings. The molecule has 0 bridgehead atoms. The fourth-order valence-electron chi connectivity index (χ4n) is 1.71. The van der Waals surface area contributed by atoms with Gasteiger partial charge in [-0.2, -0.15) is 5.10 Å². The van der Waals surface area contributed by atoms with Gasteiger partial charge >= 0.3 is 0 Å². The zero-order valence-corrected chi connectivity index (χ0v) is 11.5. The van der Waals surface area contributed by atoms with Gasteiger partial charge in [0.25, 0.3) is 5.91 Å². The van der Waals surface area contributed by atoms with Gasteiger partial charge in [-0.05, 0) is 24.3 Å². The van der Waals surface area contributed by atoms with Crippen molar-refractivity contribution in [1.29, 1.82) is 0 Å². The number of carbonyl (C=O) groups is 1. The van der Waals surface area contributed by atoms with Gasteiger partial charge in [0.05, 0.1) is 22.9 Å². The number of benzene rings is 1. The maximum atomic E-state index is 11.6. The Morgan fingerprint density at radius 3 is 2.84 bits per heavy atom. The van der Waals surface area contributed by atoms with Crippen LogP contribution in [0, 0.1) is 0 Å². The number of carbonyl (C=O) groups excluding carboxylic acids is 1. The van der Waals surface area contributed by atoms with Gasteiger partial charge in [0.15, 0.2) is 0 Å². The molecule has 0 radical (unpaired) electrons. The van der Waals surface area contributed by atoms with E-state index in [1.165, 1.54) is 0 Å². The zero-order valence-electron chi connectivity index (χ0n) is 10.8. The Kier molecular flexibility index (Phi) is 4.06. The Bertz CT molecular complexity index is 594. The van der Waals surface area contributed by atoms with Crippen molar-refractivity contribution in [3.8, 4) is 0 Å². The lowest BCUT2D eigenvalue weighted by molar-refractivity contribution is 0.0963. The molecule has 2 N–H and O–H groups in total. The summed E-state index contributed by atoms with van der Waals surface area (Å²) >= 11 is 6.11. The molecule has 2 rings (SSSR count). The molecule has 1 aromatic carbocycles. The van der Waals surface area contributed by atoms with Crippen molar-refractivity contribution in [2.45, 2.75) is 6.54 Å². The first kappa shape index (κ1) is 13.4. The number of hydrogen-bond donors (Lipinski definition) is 2. The van der Waals surface area contributed by atoms with Crippen molar-refractivity contribution in [3.63, 3.8) is 0 Å². The topological polar surface area (TPSA) is 59.0 Å². The highest BCUT2D eigenvalue weighted by Crippen LogP contribution is 2.23. The Balaban J connectivity index is 2.15. The third-order valence-corrected chi connectivity index (χ3v) is 3.17. The third kappa shape index (κ3) is 3.06.